The number of nitrogens with one attached hydrogen (secondary N) is 1. The standard InChI is InChI=1S/C24H21F3N4O3.ClH/c25-18-7-6-16(31-12-10-28-23(31)33)13-17(18)22(32)30-11-9-24(26,27)20(14-30)34-21-8-5-15-3-1-2-4-19(15)29-21;/h1-8,13,20H,9-12,14H2,(H,28,33);1H/t20-;/m0./s1. The zero-order valence-electron chi connectivity index (χ0n) is 18.4. The molecule has 2 aliphatic rings. The minimum Gasteiger partial charge on any atom is -0.466 e. The maximum Gasteiger partial charge on any atom is 0.321 e. The lowest BCUT2D eigenvalue weighted by Gasteiger charge is -2.38. The van der Waals surface area contributed by atoms with Crippen LogP contribution in [0.4, 0.5) is 23.7 Å². The Morgan fingerprint density at radius 2 is 1.91 bits per heavy atom. The molecular formula is C24H22ClF3N4O3. The second kappa shape index (κ2) is 9.61. The van der Waals surface area contributed by atoms with Gasteiger partial charge in [-0.1, -0.05) is 18.2 Å². The number of carbonyl (C=O) groups is 2. The predicted octanol–water partition coefficient (Wildman–Crippen LogP) is 4.25. The fourth-order valence-corrected chi connectivity index (χ4v) is 4.17. The molecule has 0 bridgehead atoms. The van der Waals surface area contributed by atoms with Crippen LogP contribution in [0.3, 0.4) is 0 Å². The van der Waals surface area contributed by atoms with Crippen LogP contribution in [0, 0.1) is 5.82 Å². The molecular weight excluding hydrogens is 485 g/mol. The molecule has 3 amide bonds. The molecule has 0 spiro atoms. The molecule has 7 nitrogen and oxygen atoms in total. The number of piperidine rings is 1. The van der Waals surface area contributed by atoms with Gasteiger partial charge in [-0.2, -0.15) is 0 Å². The average Bonchev–Trinajstić information content (AvgIpc) is 3.26. The van der Waals surface area contributed by atoms with Gasteiger partial charge in [0.2, 0.25) is 5.88 Å². The molecule has 1 N–H and O–H groups in total. The van der Waals surface area contributed by atoms with Gasteiger partial charge in [0.25, 0.3) is 11.8 Å². The van der Waals surface area contributed by atoms with Gasteiger partial charge >= 0.3 is 6.03 Å². The van der Waals surface area contributed by atoms with Crippen LogP contribution in [0.1, 0.15) is 16.8 Å². The number of ether oxygens (including phenoxy) is 1. The molecule has 1 aromatic heterocycles. The van der Waals surface area contributed by atoms with Crippen molar-refractivity contribution in [3.63, 3.8) is 0 Å². The van der Waals surface area contributed by atoms with E-state index in [4.69, 9.17) is 4.74 Å². The number of alkyl halides is 2. The van der Waals surface area contributed by atoms with Crippen molar-refractivity contribution in [2.75, 3.05) is 31.1 Å². The second-order valence-electron chi connectivity index (χ2n) is 8.26. The number of anilines is 1. The van der Waals surface area contributed by atoms with Crippen molar-refractivity contribution in [3.8, 4) is 5.88 Å². The zero-order chi connectivity index (χ0) is 23.9. The third kappa shape index (κ3) is 4.84. The van der Waals surface area contributed by atoms with Crippen molar-refractivity contribution in [2.24, 2.45) is 0 Å². The highest BCUT2D eigenvalue weighted by molar-refractivity contribution is 5.98. The van der Waals surface area contributed by atoms with E-state index in [-0.39, 0.29) is 36.4 Å². The van der Waals surface area contributed by atoms with Crippen molar-refractivity contribution in [2.45, 2.75) is 18.4 Å². The van der Waals surface area contributed by atoms with Gasteiger partial charge in [0.05, 0.1) is 17.6 Å². The first-order chi connectivity index (χ1) is 16.3. The average molecular weight is 507 g/mol. The summed E-state index contributed by atoms with van der Waals surface area (Å²) in [5, 5.41) is 3.47. The summed E-state index contributed by atoms with van der Waals surface area (Å²) >= 11 is 0. The monoisotopic (exact) mass is 506 g/mol. The van der Waals surface area contributed by atoms with Crippen molar-refractivity contribution >= 4 is 40.9 Å². The summed E-state index contributed by atoms with van der Waals surface area (Å²) in [6.45, 7) is 0.115. The van der Waals surface area contributed by atoms with Gasteiger partial charge in [0, 0.05) is 43.2 Å². The number of halogens is 4. The maximum atomic E-state index is 14.7. The fourth-order valence-electron chi connectivity index (χ4n) is 4.17. The van der Waals surface area contributed by atoms with Crippen molar-refractivity contribution < 1.29 is 27.5 Å². The first kappa shape index (κ1) is 24.6. The van der Waals surface area contributed by atoms with Gasteiger partial charge in [0.15, 0.2) is 6.10 Å². The Morgan fingerprint density at radius 3 is 2.69 bits per heavy atom. The first-order valence-electron chi connectivity index (χ1n) is 10.9. The van der Waals surface area contributed by atoms with Crippen LogP contribution in [-0.4, -0.2) is 60.0 Å². The SMILES string of the molecule is Cl.O=C(c1cc(N2CCNC2=O)ccc1F)N1CCC(F)(F)[C@@H](Oc2ccc3ccccc3n2)C1. The van der Waals surface area contributed by atoms with E-state index in [1.165, 1.54) is 23.1 Å². The zero-order valence-corrected chi connectivity index (χ0v) is 19.2. The minimum atomic E-state index is -3.20. The molecule has 11 heteroatoms. The van der Waals surface area contributed by atoms with Crippen LogP contribution >= 0.6 is 12.4 Å². The molecule has 2 saturated heterocycles. The lowest BCUT2D eigenvalue weighted by Crippen LogP contribution is -2.55. The van der Waals surface area contributed by atoms with Gasteiger partial charge < -0.3 is 15.0 Å². The summed E-state index contributed by atoms with van der Waals surface area (Å²) in [7, 11) is 0. The number of rotatable bonds is 4. The van der Waals surface area contributed by atoms with Crippen LogP contribution < -0.4 is 15.0 Å². The molecule has 35 heavy (non-hydrogen) atoms. The topological polar surface area (TPSA) is 74.8 Å². The molecule has 0 aliphatic carbocycles. The molecule has 0 saturated carbocycles. The first-order valence-corrected chi connectivity index (χ1v) is 10.9. The second-order valence-corrected chi connectivity index (χ2v) is 8.26. The Kier molecular flexibility index (Phi) is 6.75. The number of amides is 3. The van der Waals surface area contributed by atoms with E-state index in [0.29, 0.717) is 24.3 Å². The number of aromatic nitrogens is 1. The van der Waals surface area contributed by atoms with Crippen molar-refractivity contribution in [1.29, 1.82) is 0 Å². The van der Waals surface area contributed by atoms with Gasteiger partial charge in [-0.3, -0.25) is 9.69 Å². The Bertz CT molecular complexity index is 1280. The number of benzene rings is 2. The van der Waals surface area contributed by atoms with Crippen molar-refractivity contribution in [3.05, 3.63) is 66.0 Å². The van der Waals surface area contributed by atoms with Crippen LogP contribution in [0.5, 0.6) is 5.88 Å². The number of nitrogens with zero attached hydrogens (tertiary/aromatic N) is 3. The summed E-state index contributed by atoms with van der Waals surface area (Å²) in [6, 6.07) is 13.9. The summed E-state index contributed by atoms with van der Waals surface area (Å²) in [6.07, 6.45) is -2.28. The highest BCUT2D eigenvalue weighted by atomic mass is 35.5. The van der Waals surface area contributed by atoms with Crippen LogP contribution in [0.25, 0.3) is 10.9 Å². The fraction of sp³-hybridized carbons (Fsp3) is 0.292. The molecule has 2 aromatic carbocycles. The van der Waals surface area contributed by atoms with E-state index in [1.54, 1.807) is 18.2 Å². The van der Waals surface area contributed by atoms with Crippen LogP contribution in [0.15, 0.2) is 54.6 Å². The third-order valence-electron chi connectivity index (χ3n) is 6.04. The third-order valence-corrected chi connectivity index (χ3v) is 6.04. The number of fused-ring (bicyclic) bond motifs is 1. The van der Waals surface area contributed by atoms with E-state index >= 15 is 0 Å². The molecule has 0 unspecified atom stereocenters. The van der Waals surface area contributed by atoms with E-state index in [0.717, 1.165) is 16.4 Å². The smallest absolute Gasteiger partial charge is 0.321 e. The number of urea groups is 1. The normalized spacial score (nSPS) is 19.3. The highest BCUT2D eigenvalue weighted by Gasteiger charge is 2.47. The Labute approximate surface area is 205 Å². The quantitative estimate of drug-likeness (QED) is 0.574. The molecule has 0 radical (unpaired) electrons. The largest absolute Gasteiger partial charge is 0.466 e. The molecule has 5 rings (SSSR count). The number of para-hydroxylation sites is 1. The summed E-state index contributed by atoms with van der Waals surface area (Å²) in [4.78, 5) is 31.8. The lowest BCUT2D eigenvalue weighted by atomic mass is 10.0. The number of likely N-dealkylation sites (tertiary alicyclic amines) is 1. The van der Waals surface area contributed by atoms with E-state index in [9.17, 15) is 22.8 Å². The van der Waals surface area contributed by atoms with Crippen LogP contribution in [0.2, 0.25) is 0 Å². The summed E-state index contributed by atoms with van der Waals surface area (Å²) < 4.78 is 49.4. The molecule has 2 fully saturated rings. The number of hydrogen-bond donors (Lipinski definition) is 1. The van der Waals surface area contributed by atoms with Gasteiger partial charge in [0.1, 0.15) is 5.82 Å². The number of hydrogen-bond acceptors (Lipinski definition) is 4. The minimum absolute atomic E-state index is 0. The molecule has 184 valence electrons. The Morgan fingerprint density at radius 1 is 1.11 bits per heavy atom. The molecule has 3 aromatic rings. The van der Waals surface area contributed by atoms with E-state index in [2.05, 4.69) is 10.3 Å². The maximum absolute atomic E-state index is 14.7. The number of carbonyl (C=O) groups excluding carboxylic acids is 2. The summed E-state index contributed by atoms with van der Waals surface area (Å²) in [5.74, 6) is -4.71. The van der Waals surface area contributed by atoms with Crippen molar-refractivity contribution in [1.82, 2.24) is 15.2 Å². The molecule has 3 heterocycles. The van der Waals surface area contributed by atoms with Gasteiger partial charge in [-0.15, -0.1) is 12.4 Å². The predicted molar refractivity (Wildman–Crippen MR) is 126 cm³/mol. The lowest BCUT2D eigenvalue weighted by molar-refractivity contribution is -0.131. The Hall–Kier alpha value is -3.53. The Balaban J connectivity index is 0.00000289. The van der Waals surface area contributed by atoms with Gasteiger partial charge in [-0.25, -0.2) is 22.9 Å². The summed E-state index contributed by atoms with van der Waals surface area (Å²) in [5.41, 5.74) is 0.664. The van der Waals surface area contributed by atoms with E-state index < -0.39 is 36.7 Å². The molecule has 1 atom stereocenters. The molecule has 2 aliphatic heterocycles. The van der Waals surface area contributed by atoms with Gasteiger partial charge in [-0.05, 0) is 30.3 Å². The number of pyridine rings is 1. The highest BCUT2D eigenvalue weighted by Crippen LogP contribution is 2.33. The van der Waals surface area contributed by atoms with E-state index in [1.807, 2.05) is 12.1 Å². The van der Waals surface area contributed by atoms with Crippen LogP contribution in [-0.2, 0) is 0 Å².